The van der Waals surface area contributed by atoms with Crippen LogP contribution in [-0.4, -0.2) is 24.9 Å². The molecule has 0 N–H and O–H groups in total. The molecular formula is C23H29NO2. The van der Waals surface area contributed by atoms with Crippen LogP contribution in [0.15, 0.2) is 61.2 Å². The summed E-state index contributed by atoms with van der Waals surface area (Å²) in [4.78, 5) is 13.5. The molecule has 26 heavy (non-hydrogen) atoms. The van der Waals surface area contributed by atoms with Crippen LogP contribution in [0.1, 0.15) is 49.0 Å². The summed E-state index contributed by atoms with van der Waals surface area (Å²) in [5, 5.41) is 0. The maximum Gasteiger partial charge on any atom is 0.253 e. The average Bonchev–Trinajstić information content (AvgIpc) is 2.67. The minimum absolute atomic E-state index is 0.0152. The Morgan fingerprint density at radius 3 is 1.92 bits per heavy atom. The van der Waals surface area contributed by atoms with Crippen molar-refractivity contribution in [2.24, 2.45) is 0 Å². The lowest BCUT2D eigenvalue weighted by Gasteiger charge is -2.31. The first-order valence-electron chi connectivity index (χ1n) is 9.16. The SMILES string of the molecule is C=CCC(CC)(CC)c1ccc(Oc2ccc(C(=O)N(C)C)cc2)cc1. The number of amides is 1. The molecule has 0 aliphatic carbocycles. The van der Waals surface area contributed by atoms with E-state index in [0.29, 0.717) is 5.56 Å². The molecule has 0 bridgehead atoms. The molecule has 2 aromatic carbocycles. The van der Waals surface area contributed by atoms with Crippen molar-refractivity contribution in [1.82, 2.24) is 4.90 Å². The van der Waals surface area contributed by atoms with Crippen LogP contribution in [-0.2, 0) is 5.41 Å². The van der Waals surface area contributed by atoms with Gasteiger partial charge in [0.1, 0.15) is 11.5 Å². The topological polar surface area (TPSA) is 29.5 Å². The zero-order valence-electron chi connectivity index (χ0n) is 16.3. The number of carbonyl (C=O) groups is 1. The van der Waals surface area contributed by atoms with Crippen LogP contribution in [0.4, 0.5) is 0 Å². The van der Waals surface area contributed by atoms with Crippen LogP contribution in [0, 0.1) is 0 Å². The summed E-state index contributed by atoms with van der Waals surface area (Å²) in [7, 11) is 3.49. The molecule has 0 atom stereocenters. The second-order valence-electron chi connectivity index (χ2n) is 6.83. The zero-order chi connectivity index (χ0) is 19.2. The molecule has 0 spiro atoms. The first-order valence-corrected chi connectivity index (χ1v) is 9.16. The molecule has 0 radical (unpaired) electrons. The summed E-state index contributed by atoms with van der Waals surface area (Å²) >= 11 is 0. The van der Waals surface area contributed by atoms with Crippen molar-refractivity contribution in [2.75, 3.05) is 14.1 Å². The molecule has 3 heteroatoms. The van der Waals surface area contributed by atoms with Crippen LogP contribution < -0.4 is 4.74 Å². The minimum atomic E-state index is -0.0152. The largest absolute Gasteiger partial charge is 0.457 e. The average molecular weight is 351 g/mol. The summed E-state index contributed by atoms with van der Waals surface area (Å²) in [6.07, 6.45) is 5.14. The number of benzene rings is 2. The van der Waals surface area contributed by atoms with Crippen LogP contribution in [0.3, 0.4) is 0 Å². The Hall–Kier alpha value is -2.55. The molecule has 0 saturated heterocycles. The molecule has 1 amide bonds. The van der Waals surface area contributed by atoms with Gasteiger partial charge in [-0.25, -0.2) is 0 Å². The van der Waals surface area contributed by atoms with Crippen molar-refractivity contribution >= 4 is 5.91 Å². The van der Waals surface area contributed by atoms with Gasteiger partial charge in [0.15, 0.2) is 0 Å². The molecule has 0 saturated carbocycles. The Bertz CT molecular complexity index is 726. The second kappa shape index (κ2) is 8.70. The Labute approximate surface area is 157 Å². The molecule has 0 fully saturated rings. The summed E-state index contributed by atoms with van der Waals surface area (Å²) < 4.78 is 5.92. The fourth-order valence-corrected chi connectivity index (χ4v) is 3.28. The van der Waals surface area contributed by atoms with E-state index in [1.54, 1.807) is 31.1 Å². The molecular weight excluding hydrogens is 322 g/mol. The molecule has 3 nitrogen and oxygen atoms in total. The van der Waals surface area contributed by atoms with Gasteiger partial charge in [-0.15, -0.1) is 6.58 Å². The highest BCUT2D eigenvalue weighted by Gasteiger charge is 2.26. The van der Waals surface area contributed by atoms with E-state index in [1.165, 1.54) is 5.56 Å². The van der Waals surface area contributed by atoms with Crippen LogP contribution in [0.2, 0.25) is 0 Å². The third-order valence-electron chi connectivity index (χ3n) is 5.10. The third-order valence-corrected chi connectivity index (χ3v) is 5.10. The zero-order valence-corrected chi connectivity index (χ0v) is 16.3. The lowest BCUT2D eigenvalue weighted by Crippen LogP contribution is -2.23. The first kappa shape index (κ1) is 19.8. The molecule has 2 rings (SSSR count). The quantitative estimate of drug-likeness (QED) is 0.561. The van der Waals surface area contributed by atoms with Crippen LogP contribution in [0.25, 0.3) is 0 Å². The van der Waals surface area contributed by atoms with Crippen molar-refractivity contribution < 1.29 is 9.53 Å². The van der Waals surface area contributed by atoms with Gasteiger partial charge in [0.05, 0.1) is 0 Å². The monoisotopic (exact) mass is 351 g/mol. The number of allylic oxidation sites excluding steroid dienone is 1. The number of carbonyl (C=O) groups excluding carboxylic acids is 1. The third kappa shape index (κ3) is 4.34. The van der Waals surface area contributed by atoms with Crippen molar-refractivity contribution in [2.45, 2.75) is 38.5 Å². The maximum absolute atomic E-state index is 11.9. The fourth-order valence-electron chi connectivity index (χ4n) is 3.28. The molecule has 0 aliphatic heterocycles. The second-order valence-corrected chi connectivity index (χ2v) is 6.83. The maximum atomic E-state index is 11.9. The van der Waals surface area contributed by atoms with E-state index in [0.717, 1.165) is 30.8 Å². The molecule has 2 aromatic rings. The van der Waals surface area contributed by atoms with Crippen molar-refractivity contribution in [3.8, 4) is 11.5 Å². The van der Waals surface area contributed by atoms with E-state index >= 15 is 0 Å². The van der Waals surface area contributed by atoms with Gasteiger partial charge in [-0.2, -0.15) is 0 Å². The van der Waals surface area contributed by atoms with E-state index in [-0.39, 0.29) is 11.3 Å². The van der Waals surface area contributed by atoms with Crippen LogP contribution >= 0.6 is 0 Å². The number of nitrogens with zero attached hydrogens (tertiary/aromatic N) is 1. The van der Waals surface area contributed by atoms with Gasteiger partial charge in [-0.3, -0.25) is 4.79 Å². The molecule has 0 unspecified atom stereocenters. The highest BCUT2D eigenvalue weighted by atomic mass is 16.5. The standard InChI is InChI=1S/C23H29NO2/c1-6-17-23(7-2,8-3)19-11-15-21(16-12-19)26-20-13-9-18(10-14-20)22(25)24(4)5/h6,9-16H,1,7-8,17H2,2-5H3. The molecule has 0 aromatic heterocycles. The van der Waals surface area contributed by atoms with E-state index in [9.17, 15) is 4.79 Å². The highest BCUT2D eigenvalue weighted by molar-refractivity contribution is 5.93. The fraction of sp³-hybridized carbons (Fsp3) is 0.348. The van der Waals surface area contributed by atoms with Gasteiger partial charge in [-0.1, -0.05) is 32.1 Å². The Kier molecular flexibility index (Phi) is 6.62. The van der Waals surface area contributed by atoms with E-state index in [1.807, 2.05) is 30.3 Å². The molecule has 0 aliphatic rings. The number of ether oxygens (including phenoxy) is 1. The minimum Gasteiger partial charge on any atom is -0.457 e. The molecule has 0 heterocycles. The first-order chi connectivity index (χ1) is 12.5. The van der Waals surface area contributed by atoms with Crippen molar-refractivity contribution in [3.63, 3.8) is 0 Å². The summed E-state index contributed by atoms with van der Waals surface area (Å²) in [6, 6.07) is 15.5. The number of hydrogen-bond acceptors (Lipinski definition) is 2. The lowest BCUT2D eigenvalue weighted by molar-refractivity contribution is 0.0827. The molecule has 138 valence electrons. The van der Waals surface area contributed by atoms with Crippen LogP contribution in [0.5, 0.6) is 11.5 Å². The van der Waals surface area contributed by atoms with Gasteiger partial charge in [0.2, 0.25) is 0 Å². The van der Waals surface area contributed by atoms with Gasteiger partial charge >= 0.3 is 0 Å². The number of rotatable bonds is 8. The van der Waals surface area contributed by atoms with E-state index in [4.69, 9.17) is 4.74 Å². The Balaban J connectivity index is 2.14. The predicted molar refractivity (Wildman–Crippen MR) is 108 cm³/mol. The smallest absolute Gasteiger partial charge is 0.253 e. The van der Waals surface area contributed by atoms with Crippen molar-refractivity contribution in [3.05, 3.63) is 72.3 Å². The van der Waals surface area contributed by atoms with Gasteiger partial charge in [0, 0.05) is 19.7 Å². The predicted octanol–water partition coefficient (Wildman–Crippen LogP) is 5.81. The van der Waals surface area contributed by atoms with Gasteiger partial charge in [-0.05, 0) is 66.6 Å². The van der Waals surface area contributed by atoms with Gasteiger partial charge in [0.25, 0.3) is 5.91 Å². The van der Waals surface area contributed by atoms with Gasteiger partial charge < -0.3 is 9.64 Å². The Morgan fingerprint density at radius 1 is 1.00 bits per heavy atom. The van der Waals surface area contributed by atoms with Crippen molar-refractivity contribution in [1.29, 1.82) is 0 Å². The summed E-state index contributed by atoms with van der Waals surface area (Å²) in [5.41, 5.74) is 2.12. The lowest BCUT2D eigenvalue weighted by atomic mass is 9.73. The Morgan fingerprint density at radius 2 is 1.50 bits per heavy atom. The van der Waals surface area contributed by atoms with E-state index < -0.39 is 0 Å². The van der Waals surface area contributed by atoms with E-state index in [2.05, 4.69) is 32.6 Å². The highest BCUT2D eigenvalue weighted by Crippen LogP contribution is 2.36. The summed E-state index contributed by atoms with van der Waals surface area (Å²) in [5.74, 6) is 1.50. The summed E-state index contributed by atoms with van der Waals surface area (Å²) in [6.45, 7) is 8.38. The normalized spacial score (nSPS) is 11.1. The number of hydrogen-bond donors (Lipinski definition) is 0.